The maximum atomic E-state index is 12.5. The lowest BCUT2D eigenvalue weighted by Gasteiger charge is -2.19. The van der Waals surface area contributed by atoms with Crippen molar-refractivity contribution >= 4 is 27.5 Å². The van der Waals surface area contributed by atoms with Crippen molar-refractivity contribution in [1.82, 2.24) is 4.72 Å². The summed E-state index contributed by atoms with van der Waals surface area (Å²) in [5.74, 6) is -0.475. The van der Waals surface area contributed by atoms with E-state index in [1.54, 1.807) is 0 Å². The van der Waals surface area contributed by atoms with Crippen molar-refractivity contribution in [1.29, 1.82) is 0 Å². The Morgan fingerprint density at radius 1 is 1.28 bits per heavy atom. The molecule has 0 bridgehead atoms. The summed E-state index contributed by atoms with van der Waals surface area (Å²) in [5.41, 5.74) is 0.148. The Labute approximate surface area is 146 Å². The fourth-order valence-electron chi connectivity index (χ4n) is 2.95. The zero-order chi connectivity index (χ0) is 18.0. The summed E-state index contributed by atoms with van der Waals surface area (Å²) in [4.78, 5) is 24.9. The third-order valence-corrected chi connectivity index (χ3v) is 5.70. The fourth-order valence-corrected chi connectivity index (χ4v) is 4.03. The number of carbonyl (C=O) groups is 2. The van der Waals surface area contributed by atoms with Gasteiger partial charge in [-0.2, -0.15) is 0 Å². The van der Waals surface area contributed by atoms with Gasteiger partial charge in [-0.1, -0.05) is 0 Å². The molecule has 2 aliphatic rings. The number of anilines is 1. The first kappa shape index (κ1) is 17.8. The number of rotatable bonds is 6. The molecule has 3 rings (SSSR count). The smallest absolute Gasteiger partial charge is 0.240 e. The predicted molar refractivity (Wildman–Crippen MR) is 88.9 cm³/mol. The van der Waals surface area contributed by atoms with E-state index in [-0.39, 0.29) is 53.6 Å². The maximum Gasteiger partial charge on any atom is 0.240 e. The van der Waals surface area contributed by atoms with E-state index in [0.717, 1.165) is 17.7 Å². The Balaban J connectivity index is 1.87. The van der Waals surface area contributed by atoms with Gasteiger partial charge in [-0.05, 0) is 31.0 Å². The maximum absolute atomic E-state index is 12.5. The highest BCUT2D eigenvalue weighted by molar-refractivity contribution is 7.89. The van der Waals surface area contributed by atoms with Gasteiger partial charge in [-0.15, -0.1) is 0 Å². The van der Waals surface area contributed by atoms with Gasteiger partial charge in [0.15, 0.2) is 0 Å². The van der Waals surface area contributed by atoms with Crippen LogP contribution in [0.15, 0.2) is 23.1 Å². The topological polar surface area (TPSA) is 102 Å². The highest BCUT2D eigenvalue weighted by atomic mass is 32.2. The van der Waals surface area contributed by atoms with E-state index in [1.165, 1.54) is 25.3 Å². The lowest BCUT2D eigenvalue weighted by Crippen LogP contribution is -2.32. The van der Waals surface area contributed by atoms with Crippen LogP contribution in [0, 0.1) is 0 Å². The van der Waals surface area contributed by atoms with Gasteiger partial charge < -0.3 is 9.47 Å². The van der Waals surface area contributed by atoms with Crippen LogP contribution in [0.1, 0.15) is 25.7 Å². The molecule has 2 saturated heterocycles. The minimum Gasteiger partial charge on any atom is -0.495 e. The van der Waals surface area contributed by atoms with Gasteiger partial charge in [-0.3, -0.25) is 9.59 Å². The number of imide groups is 1. The van der Waals surface area contributed by atoms with Crippen molar-refractivity contribution in [2.45, 2.75) is 36.7 Å². The molecule has 0 radical (unpaired) electrons. The van der Waals surface area contributed by atoms with Gasteiger partial charge in [0.1, 0.15) is 5.75 Å². The molecule has 2 heterocycles. The third kappa shape index (κ3) is 3.68. The fraction of sp³-hybridized carbons (Fsp3) is 0.500. The normalized spacial score (nSPS) is 21.2. The van der Waals surface area contributed by atoms with Crippen LogP contribution in [-0.2, 0) is 24.3 Å². The highest BCUT2D eigenvalue weighted by Crippen LogP contribution is 2.34. The van der Waals surface area contributed by atoms with Crippen molar-refractivity contribution in [3.63, 3.8) is 0 Å². The Kier molecular flexibility index (Phi) is 5.07. The zero-order valence-corrected chi connectivity index (χ0v) is 14.7. The molecule has 1 aromatic carbocycles. The number of carbonyl (C=O) groups excluding carboxylic acids is 2. The van der Waals surface area contributed by atoms with E-state index >= 15 is 0 Å². The SMILES string of the molecule is COc1ccc(S(=O)(=O)NCC2CCCO2)cc1N1C(=O)CCC1=O. The first-order valence-corrected chi connectivity index (χ1v) is 9.56. The molecule has 1 unspecified atom stereocenters. The number of nitrogens with zero attached hydrogens (tertiary/aromatic N) is 1. The van der Waals surface area contributed by atoms with Gasteiger partial charge in [-0.25, -0.2) is 18.0 Å². The summed E-state index contributed by atoms with van der Waals surface area (Å²) < 4.78 is 38.1. The van der Waals surface area contributed by atoms with Crippen LogP contribution in [0.5, 0.6) is 5.75 Å². The van der Waals surface area contributed by atoms with Crippen LogP contribution >= 0.6 is 0 Å². The number of ether oxygens (including phenoxy) is 2. The highest BCUT2D eigenvalue weighted by Gasteiger charge is 2.33. The van der Waals surface area contributed by atoms with Crippen molar-refractivity contribution in [2.24, 2.45) is 0 Å². The Morgan fingerprint density at radius 3 is 2.60 bits per heavy atom. The molecule has 8 nitrogen and oxygen atoms in total. The molecule has 0 aromatic heterocycles. The molecule has 25 heavy (non-hydrogen) atoms. The van der Waals surface area contributed by atoms with Crippen molar-refractivity contribution < 1.29 is 27.5 Å². The molecule has 0 spiro atoms. The molecule has 136 valence electrons. The summed E-state index contributed by atoms with van der Waals surface area (Å²) in [6, 6.07) is 4.11. The molecule has 1 N–H and O–H groups in total. The second kappa shape index (κ2) is 7.11. The van der Waals surface area contributed by atoms with Gasteiger partial charge in [0.05, 0.1) is 23.8 Å². The van der Waals surface area contributed by atoms with E-state index in [2.05, 4.69) is 4.72 Å². The number of benzene rings is 1. The summed E-state index contributed by atoms with van der Waals surface area (Å²) in [6.45, 7) is 0.823. The van der Waals surface area contributed by atoms with Gasteiger partial charge in [0.2, 0.25) is 21.8 Å². The zero-order valence-electron chi connectivity index (χ0n) is 13.9. The standard InChI is InChI=1S/C16H20N2O6S/c1-23-14-5-4-12(9-13(14)18-15(19)6-7-16(18)20)25(21,22)17-10-11-3-2-8-24-11/h4-5,9,11,17H,2-3,6-8,10H2,1H3. The van der Waals surface area contributed by atoms with E-state index in [4.69, 9.17) is 9.47 Å². The Bertz CT molecular complexity index is 770. The quantitative estimate of drug-likeness (QED) is 0.746. The first-order valence-electron chi connectivity index (χ1n) is 8.07. The monoisotopic (exact) mass is 368 g/mol. The number of hydrogen-bond donors (Lipinski definition) is 1. The summed E-state index contributed by atoms with van der Waals surface area (Å²) >= 11 is 0. The lowest BCUT2D eigenvalue weighted by atomic mass is 10.2. The van der Waals surface area contributed by atoms with Crippen molar-refractivity contribution in [3.05, 3.63) is 18.2 Å². The van der Waals surface area contributed by atoms with Gasteiger partial charge in [0.25, 0.3) is 0 Å². The molecule has 1 atom stereocenters. The molecule has 9 heteroatoms. The molecule has 2 aliphatic heterocycles. The lowest BCUT2D eigenvalue weighted by molar-refractivity contribution is -0.121. The summed E-state index contributed by atoms with van der Waals surface area (Å²) in [7, 11) is -2.40. The van der Waals surface area contributed by atoms with E-state index in [1.807, 2.05) is 0 Å². The van der Waals surface area contributed by atoms with Crippen molar-refractivity contribution in [3.8, 4) is 5.75 Å². The number of sulfonamides is 1. The van der Waals surface area contributed by atoms with E-state index in [0.29, 0.717) is 6.61 Å². The van der Waals surface area contributed by atoms with Crippen LogP contribution in [0.3, 0.4) is 0 Å². The number of amides is 2. The van der Waals surface area contributed by atoms with E-state index in [9.17, 15) is 18.0 Å². The Morgan fingerprint density at radius 2 is 2.00 bits per heavy atom. The summed E-state index contributed by atoms with van der Waals surface area (Å²) in [6.07, 6.45) is 1.81. The number of hydrogen-bond acceptors (Lipinski definition) is 6. The average Bonchev–Trinajstić information content (AvgIpc) is 3.22. The van der Waals surface area contributed by atoms with Crippen LogP contribution in [-0.4, -0.2) is 46.6 Å². The van der Waals surface area contributed by atoms with E-state index < -0.39 is 10.0 Å². The predicted octanol–water partition coefficient (Wildman–Crippen LogP) is 0.806. The number of methoxy groups -OCH3 is 1. The summed E-state index contributed by atoms with van der Waals surface area (Å²) in [5, 5.41) is 0. The minimum absolute atomic E-state index is 0.0335. The largest absolute Gasteiger partial charge is 0.495 e. The second-order valence-electron chi connectivity index (χ2n) is 5.94. The minimum atomic E-state index is -3.79. The van der Waals surface area contributed by atoms with Crippen LogP contribution in [0.25, 0.3) is 0 Å². The van der Waals surface area contributed by atoms with Crippen molar-refractivity contribution in [2.75, 3.05) is 25.2 Å². The molecular weight excluding hydrogens is 348 g/mol. The first-order chi connectivity index (χ1) is 11.9. The average molecular weight is 368 g/mol. The van der Waals surface area contributed by atoms with Crippen LogP contribution in [0.4, 0.5) is 5.69 Å². The van der Waals surface area contributed by atoms with Gasteiger partial charge in [0, 0.05) is 26.0 Å². The van der Waals surface area contributed by atoms with Crippen LogP contribution < -0.4 is 14.4 Å². The van der Waals surface area contributed by atoms with Gasteiger partial charge >= 0.3 is 0 Å². The van der Waals surface area contributed by atoms with Crippen LogP contribution in [0.2, 0.25) is 0 Å². The third-order valence-electron chi connectivity index (χ3n) is 4.28. The molecular formula is C16H20N2O6S. The second-order valence-corrected chi connectivity index (χ2v) is 7.71. The molecule has 1 aromatic rings. The Hall–Kier alpha value is -1.97. The molecule has 2 fully saturated rings. The molecule has 0 saturated carbocycles. The molecule has 2 amide bonds. The number of nitrogens with one attached hydrogen (secondary N) is 1. The molecule has 0 aliphatic carbocycles.